The number of likely N-dealkylation sites (tertiary alicyclic amines) is 1. The third-order valence-electron chi connectivity index (χ3n) is 6.49. The number of nitrogens with zero attached hydrogens (tertiary/aromatic N) is 6. The van der Waals surface area contributed by atoms with Crippen LogP contribution in [0, 0.1) is 17.8 Å². The monoisotopic (exact) mass is 448 g/mol. The molecular formula is C24H25FN6O2. The van der Waals surface area contributed by atoms with E-state index >= 15 is 0 Å². The maximum atomic E-state index is 13.6. The van der Waals surface area contributed by atoms with Crippen molar-refractivity contribution in [2.75, 3.05) is 19.7 Å². The maximum Gasteiger partial charge on any atom is 0.226 e. The number of amides is 1. The molecule has 0 saturated carbocycles. The topological polar surface area (TPSA) is 88.5 Å². The van der Waals surface area contributed by atoms with Crippen LogP contribution in [0.4, 0.5) is 10.1 Å². The Hall–Kier alpha value is -3.64. The Morgan fingerprint density at radius 1 is 1.15 bits per heavy atom. The minimum absolute atomic E-state index is 0.0250. The second-order valence-electron chi connectivity index (χ2n) is 8.53. The predicted octanol–water partition coefficient (Wildman–Crippen LogP) is 3.13. The highest BCUT2D eigenvalue weighted by atomic mass is 19.1. The summed E-state index contributed by atoms with van der Waals surface area (Å²) in [4.78, 5) is 17.9. The lowest BCUT2D eigenvalue weighted by Crippen LogP contribution is -2.45. The summed E-state index contributed by atoms with van der Waals surface area (Å²) in [7, 11) is 0. The van der Waals surface area contributed by atoms with Crippen molar-refractivity contribution in [1.82, 2.24) is 25.1 Å². The summed E-state index contributed by atoms with van der Waals surface area (Å²) in [5, 5.41) is 21.2. The molecule has 2 aromatic carbocycles. The molecule has 1 aliphatic rings. The minimum Gasteiger partial charge on any atom is -0.396 e. The zero-order valence-corrected chi connectivity index (χ0v) is 18.2. The van der Waals surface area contributed by atoms with Crippen molar-refractivity contribution in [2.24, 2.45) is 5.41 Å². The lowest BCUT2D eigenvalue weighted by molar-refractivity contribution is -0.133. The quantitative estimate of drug-likeness (QED) is 0.561. The lowest BCUT2D eigenvalue weighted by Gasteiger charge is -2.41. The highest BCUT2D eigenvalue weighted by molar-refractivity contribution is 5.79. The first-order valence-electron chi connectivity index (χ1n) is 10.9. The number of aromatic nitrogens is 4. The number of hydrogen-bond acceptors (Lipinski definition) is 5. The molecule has 1 N–H and O–H groups in total. The third kappa shape index (κ3) is 5.23. The minimum atomic E-state index is -0.512. The van der Waals surface area contributed by atoms with Crippen molar-refractivity contribution in [3.63, 3.8) is 0 Å². The zero-order chi connectivity index (χ0) is 23.3. The van der Waals surface area contributed by atoms with Crippen LogP contribution in [0.15, 0.2) is 48.8 Å². The van der Waals surface area contributed by atoms with Gasteiger partial charge in [-0.25, -0.2) is 13.9 Å². The Kier molecular flexibility index (Phi) is 6.75. The number of rotatable bonds is 7. The van der Waals surface area contributed by atoms with Crippen LogP contribution in [0.2, 0.25) is 0 Å². The smallest absolute Gasteiger partial charge is 0.226 e. The molecule has 2 heterocycles. The van der Waals surface area contributed by atoms with Gasteiger partial charge in [0.05, 0.1) is 18.7 Å². The second kappa shape index (κ2) is 9.88. The van der Waals surface area contributed by atoms with Crippen molar-refractivity contribution in [1.29, 1.82) is 0 Å². The molecule has 1 aromatic heterocycles. The normalized spacial score (nSPS) is 15.2. The number of hydrogen-bond donors (Lipinski definition) is 1. The predicted molar refractivity (Wildman–Crippen MR) is 119 cm³/mol. The van der Waals surface area contributed by atoms with Crippen LogP contribution < -0.4 is 0 Å². The highest BCUT2D eigenvalue weighted by Crippen LogP contribution is 2.36. The van der Waals surface area contributed by atoms with Gasteiger partial charge in [-0.05, 0) is 65.3 Å². The molecule has 1 fully saturated rings. The largest absolute Gasteiger partial charge is 0.396 e. The molecule has 0 atom stereocenters. The number of halogens is 1. The van der Waals surface area contributed by atoms with Crippen LogP contribution in [0.3, 0.4) is 0 Å². The number of aliphatic hydroxyl groups is 1. The summed E-state index contributed by atoms with van der Waals surface area (Å²) in [5.41, 5.74) is 2.39. The fourth-order valence-electron chi connectivity index (χ4n) is 4.26. The molecular weight excluding hydrogens is 423 g/mol. The van der Waals surface area contributed by atoms with E-state index in [9.17, 15) is 14.3 Å². The van der Waals surface area contributed by atoms with Crippen molar-refractivity contribution in [2.45, 2.75) is 32.1 Å². The SMILES string of the molecule is [C-]#[N+]c1cc(CCC2(CO)CCN(C(=O)Cc3ccc(-n4cnnn4)cc3)CC2)ccc1F. The van der Waals surface area contributed by atoms with Gasteiger partial charge in [0.15, 0.2) is 0 Å². The number of tetrazole rings is 1. The molecule has 0 bridgehead atoms. The summed E-state index contributed by atoms with van der Waals surface area (Å²) < 4.78 is 15.1. The van der Waals surface area contributed by atoms with Crippen molar-refractivity contribution >= 4 is 11.6 Å². The average Bonchev–Trinajstić information content (AvgIpc) is 3.39. The number of benzene rings is 2. The molecule has 33 heavy (non-hydrogen) atoms. The van der Waals surface area contributed by atoms with Gasteiger partial charge in [-0.3, -0.25) is 4.79 Å². The Morgan fingerprint density at radius 3 is 2.52 bits per heavy atom. The van der Waals surface area contributed by atoms with Gasteiger partial charge < -0.3 is 10.0 Å². The summed E-state index contributed by atoms with van der Waals surface area (Å²) in [5.74, 6) is -0.445. The maximum absolute atomic E-state index is 13.6. The third-order valence-corrected chi connectivity index (χ3v) is 6.49. The van der Waals surface area contributed by atoms with Gasteiger partial charge in [0, 0.05) is 19.7 Å². The number of carbonyl (C=O) groups is 1. The van der Waals surface area contributed by atoms with Crippen LogP contribution >= 0.6 is 0 Å². The lowest BCUT2D eigenvalue weighted by atomic mass is 9.74. The Bertz CT molecular complexity index is 1130. The van der Waals surface area contributed by atoms with Crippen LogP contribution in [-0.4, -0.2) is 55.8 Å². The van der Waals surface area contributed by atoms with Gasteiger partial charge in [0.2, 0.25) is 11.6 Å². The Morgan fingerprint density at radius 2 is 1.88 bits per heavy atom. The zero-order valence-electron chi connectivity index (χ0n) is 18.2. The molecule has 0 spiro atoms. The van der Waals surface area contributed by atoms with Gasteiger partial charge in [-0.1, -0.05) is 29.8 Å². The van der Waals surface area contributed by atoms with Gasteiger partial charge in [0.25, 0.3) is 0 Å². The first-order valence-corrected chi connectivity index (χ1v) is 10.9. The summed E-state index contributed by atoms with van der Waals surface area (Å²) >= 11 is 0. The van der Waals surface area contributed by atoms with Crippen molar-refractivity contribution < 1.29 is 14.3 Å². The van der Waals surface area contributed by atoms with E-state index in [-0.39, 0.29) is 23.6 Å². The molecule has 1 amide bonds. The van der Waals surface area contributed by atoms with E-state index in [4.69, 9.17) is 6.57 Å². The number of carbonyl (C=O) groups excluding carboxylic acids is 1. The van der Waals surface area contributed by atoms with E-state index in [1.165, 1.54) is 12.4 Å². The average molecular weight is 449 g/mol. The molecule has 0 aliphatic carbocycles. The Balaban J connectivity index is 1.31. The second-order valence-corrected chi connectivity index (χ2v) is 8.53. The summed E-state index contributed by atoms with van der Waals surface area (Å²) in [6.45, 7) is 8.31. The molecule has 3 aromatic rings. The molecule has 0 radical (unpaired) electrons. The van der Waals surface area contributed by atoms with Crippen LogP contribution in [0.25, 0.3) is 10.5 Å². The molecule has 170 valence electrons. The Labute approximate surface area is 191 Å². The molecule has 8 nitrogen and oxygen atoms in total. The van der Waals surface area contributed by atoms with Crippen LogP contribution in [0.5, 0.6) is 0 Å². The molecule has 1 saturated heterocycles. The van der Waals surface area contributed by atoms with Gasteiger partial charge >= 0.3 is 0 Å². The number of aryl methyl sites for hydroxylation is 1. The van der Waals surface area contributed by atoms with E-state index in [1.54, 1.807) is 16.8 Å². The molecule has 0 unspecified atom stereocenters. The number of piperidine rings is 1. The number of aliphatic hydroxyl groups excluding tert-OH is 1. The van der Waals surface area contributed by atoms with Gasteiger partial charge in [0.1, 0.15) is 12.1 Å². The van der Waals surface area contributed by atoms with E-state index in [0.717, 1.165) is 23.2 Å². The summed E-state index contributed by atoms with van der Waals surface area (Å²) in [6, 6.07) is 12.1. The van der Waals surface area contributed by atoms with Crippen molar-refractivity contribution in [3.05, 3.63) is 77.2 Å². The van der Waals surface area contributed by atoms with E-state index < -0.39 is 5.82 Å². The van der Waals surface area contributed by atoms with Gasteiger partial charge in [-0.15, -0.1) is 5.10 Å². The van der Waals surface area contributed by atoms with Crippen LogP contribution in [0.1, 0.15) is 30.4 Å². The van der Waals surface area contributed by atoms with E-state index in [0.29, 0.717) is 38.8 Å². The first kappa shape index (κ1) is 22.6. The summed E-state index contributed by atoms with van der Waals surface area (Å²) in [6.07, 6.45) is 4.64. The standard InChI is InChI=1S/C24H25FN6O2/c1-26-22-14-19(4-7-21(22)25)8-9-24(16-32)10-12-30(13-11-24)23(33)15-18-2-5-20(6-3-18)31-17-27-28-29-31/h2-7,14,17,32H,8-13,15-16H2. The fraction of sp³-hybridized carbons (Fsp3) is 0.375. The molecule has 4 rings (SSSR count). The first-order chi connectivity index (χ1) is 16.0. The highest BCUT2D eigenvalue weighted by Gasteiger charge is 2.35. The van der Waals surface area contributed by atoms with E-state index in [1.807, 2.05) is 29.2 Å². The van der Waals surface area contributed by atoms with E-state index in [2.05, 4.69) is 20.4 Å². The fourth-order valence-corrected chi connectivity index (χ4v) is 4.26. The van der Waals surface area contributed by atoms with Gasteiger partial charge in [-0.2, -0.15) is 0 Å². The molecule has 9 heteroatoms. The van der Waals surface area contributed by atoms with Crippen molar-refractivity contribution in [3.8, 4) is 5.69 Å². The van der Waals surface area contributed by atoms with Crippen LogP contribution in [-0.2, 0) is 17.6 Å². The molecule has 1 aliphatic heterocycles.